The van der Waals surface area contributed by atoms with Crippen molar-refractivity contribution in [1.29, 1.82) is 0 Å². The van der Waals surface area contributed by atoms with E-state index >= 15 is 0 Å². The summed E-state index contributed by atoms with van der Waals surface area (Å²) in [6.07, 6.45) is -1.77. The Hall–Kier alpha value is -2.04. The number of hydrogen-bond acceptors (Lipinski definition) is 8. The number of carbonyl (C=O) groups excluding carboxylic acids is 2. The number of alkyl halides is 3. The maximum Gasteiger partial charge on any atom is 0.418 e. The molecule has 1 atom stereocenters. The molecule has 216 valence electrons. The maximum absolute atomic E-state index is 13.1. The molecule has 0 spiro atoms. The number of amides is 3. The van der Waals surface area contributed by atoms with Gasteiger partial charge < -0.3 is 9.29 Å². The monoisotopic (exact) mass is 604 g/mol. The minimum atomic E-state index is -6.33. The minimum Gasteiger partial charge on any atom is -0.743 e. The van der Waals surface area contributed by atoms with Gasteiger partial charge in [0.2, 0.25) is 16.2 Å². The predicted molar refractivity (Wildman–Crippen MR) is 134 cm³/mol. The molecular weight excluding hydrogens is 573 g/mol. The molecule has 2 heterocycles. The van der Waals surface area contributed by atoms with Gasteiger partial charge in [-0.1, -0.05) is 32.9 Å². The first-order valence-corrected chi connectivity index (χ1v) is 16.3. The van der Waals surface area contributed by atoms with Crippen molar-refractivity contribution in [1.82, 2.24) is 9.21 Å². The highest BCUT2D eigenvalue weighted by Gasteiger charge is 2.48. The van der Waals surface area contributed by atoms with Gasteiger partial charge in [0.25, 0.3) is 0 Å². The fourth-order valence-corrected chi connectivity index (χ4v) is 6.99. The number of benzene rings is 1. The van der Waals surface area contributed by atoms with Crippen LogP contribution in [0.5, 0.6) is 0 Å². The Kier molecular flexibility index (Phi) is 10.2. The van der Waals surface area contributed by atoms with E-state index in [0.29, 0.717) is 17.2 Å². The van der Waals surface area contributed by atoms with Crippen LogP contribution in [0.3, 0.4) is 0 Å². The van der Waals surface area contributed by atoms with Crippen LogP contribution in [0, 0.1) is 0 Å². The Morgan fingerprint density at radius 3 is 2.03 bits per heavy atom. The van der Waals surface area contributed by atoms with Crippen LogP contribution < -0.4 is 0 Å². The summed E-state index contributed by atoms with van der Waals surface area (Å²) in [4.78, 5) is 24.8. The Labute approximate surface area is 223 Å². The second-order valence-corrected chi connectivity index (χ2v) is 15.3. The molecule has 2 aliphatic heterocycles. The van der Waals surface area contributed by atoms with Gasteiger partial charge >= 0.3 is 17.4 Å². The predicted octanol–water partition coefficient (Wildman–Crippen LogP) is 3.05. The summed E-state index contributed by atoms with van der Waals surface area (Å²) < 4.78 is 95.9. The molecule has 0 aromatic heterocycles. The van der Waals surface area contributed by atoms with E-state index in [1.807, 2.05) is 0 Å². The van der Waals surface area contributed by atoms with Crippen LogP contribution >= 0.6 is 0 Å². The molecule has 0 radical (unpaired) electrons. The zero-order valence-corrected chi connectivity index (χ0v) is 23.8. The summed E-state index contributed by atoms with van der Waals surface area (Å²) in [5.41, 5.74) is 1.74. The lowest BCUT2D eigenvalue weighted by atomic mass is 9.87. The van der Waals surface area contributed by atoms with Crippen LogP contribution in [0.15, 0.2) is 29.2 Å². The first-order valence-electron chi connectivity index (χ1n) is 11.5. The standard InChI is InChI=1S/C14H21S.C8H11F3N2O8S2/c1-14(2,3)12-6-8-13(9-7-12)15-10-4-5-11-15;1-22(16,17)13-3-2-12(6(13)14)7(15)21-4-5(9)8(10,11)23(18,19)20/h6-9H,4-5,10-11H2,1-3H3;5H,2-4H2,1H3,(H,18,19,20)/q+1;/p-1. The fourth-order valence-electron chi connectivity index (χ4n) is 3.51. The van der Waals surface area contributed by atoms with Crippen molar-refractivity contribution >= 4 is 43.2 Å². The van der Waals surface area contributed by atoms with Gasteiger partial charge in [-0.2, -0.15) is 8.78 Å². The van der Waals surface area contributed by atoms with E-state index in [9.17, 15) is 44.1 Å². The van der Waals surface area contributed by atoms with E-state index in [4.69, 9.17) is 0 Å². The van der Waals surface area contributed by atoms with E-state index in [1.54, 1.807) is 4.90 Å². The third kappa shape index (κ3) is 7.99. The number of ether oxygens (including phenoxy) is 1. The third-order valence-electron chi connectivity index (χ3n) is 5.73. The molecule has 2 fully saturated rings. The van der Waals surface area contributed by atoms with Gasteiger partial charge in [0.1, 0.15) is 18.1 Å². The van der Waals surface area contributed by atoms with Crippen LogP contribution in [0.2, 0.25) is 0 Å². The number of sulfonamides is 1. The Morgan fingerprint density at radius 2 is 1.61 bits per heavy atom. The molecular formula is C22H31F3N2O8S3. The second kappa shape index (κ2) is 12.0. The zero-order chi connectivity index (χ0) is 29.1. The largest absolute Gasteiger partial charge is 0.743 e. The molecule has 3 rings (SSSR count). The molecule has 2 saturated heterocycles. The number of hydrogen-bond donors (Lipinski definition) is 0. The Bertz CT molecular complexity index is 1210. The molecule has 1 aromatic rings. The SMILES string of the molecule is CC(C)(C)c1ccc([S+]2CCCC2)cc1.CS(=O)(=O)N1CCN(C(=O)OCC(F)C(F)(F)S(=O)(=O)[O-])C1=O. The lowest BCUT2D eigenvalue weighted by molar-refractivity contribution is -0.0333. The maximum atomic E-state index is 13.1. The quantitative estimate of drug-likeness (QED) is 0.356. The molecule has 1 unspecified atom stereocenters. The van der Waals surface area contributed by atoms with E-state index in [0.717, 1.165) is 0 Å². The van der Waals surface area contributed by atoms with Gasteiger partial charge in [0, 0.05) is 10.9 Å². The number of halogens is 3. The molecule has 16 heteroatoms. The average molecular weight is 605 g/mol. The van der Waals surface area contributed by atoms with E-state index in [2.05, 4.69) is 49.8 Å². The normalized spacial score (nSPS) is 18.3. The highest BCUT2D eigenvalue weighted by Crippen LogP contribution is 2.28. The van der Waals surface area contributed by atoms with Crippen molar-refractivity contribution in [2.75, 3.05) is 37.5 Å². The summed E-state index contributed by atoms with van der Waals surface area (Å²) in [5, 5.41) is -5.33. The summed E-state index contributed by atoms with van der Waals surface area (Å²) >= 11 is 0. The van der Waals surface area contributed by atoms with Crippen molar-refractivity contribution in [2.24, 2.45) is 0 Å². The zero-order valence-electron chi connectivity index (χ0n) is 21.4. The highest BCUT2D eigenvalue weighted by molar-refractivity contribution is 7.97. The number of imide groups is 1. The van der Waals surface area contributed by atoms with Gasteiger partial charge in [-0.3, -0.25) is 0 Å². The number of nitrogens with zero attached hydrogens (tertiary/aromatic N) is 2. The third-order valence-corrected chi connectivity index (χ3v) is 10.3. The second-order valence-electron chi connectivity index (χ2n) is 9.71. The smallest absolute Gasteiger partial charge is 0.418 e. The molecule has 3 amide bonds. The van der Waals surface area contributed by atoms with Gasteiger partial charge in [-0.05, 0) is 36.0 Å². The summed E-state index contributed by atoms with van der Waals surface area (Å²) in [5.74, 6) is 2.85. The molecule has 2 aliphatic rings. The van der Waals surface area contributed by atoms with Crippen molar-refractivity contribution in [3.05, 3.63) is 29.8 Å². The molecule has 38 heavy (non-hydrogen) atoms. The molecule has 1 aromatic carbocycles. The van der Waals surface area contributed by atoms with Crippen molar-refractivity contribution in [2.45, 2.75) is 55.3 Å². The Balaban J connectivity index is 0.000000290. The van der Waals surface area contributed by atoms with Crippen molar-refractivity contribution in [3.63, 3.8) is 0 Å². The van der Waals surface area contributed by atoms with Crippen LogP contribution in [-0.4, -0.2) is 91.6 Å². The van der Waals surface area contributed by atoms with Gasteiger partial charge in [-0.25, -0.2) is 40.0 Å². The average Bonchev–Trinajstić information content (AvgIpc) is 3.46. The fraction of sp³-hybridized carbons (Fsp3) is 0.636. The molecule has 10 nitrogen and oxygen atoms in total. The first kappa shape index (κ1) is 32.2. The summed E-state index contributed by atoms with van der Waals surface area (Å²) in [6, 6.07) is 8.02. The van der Waals surface area contributed by atoms with E-state index in [-0.39, 0.29) is 14.6 Å². The lowest BCUT2D eigenvalue weighted by Gasteiger charge is -2.23. The van der Waals surface area contributed by atoms with Crippen LogP contribution in [0.4, 0.5) is 22.8 Å². The highest BCUT2D eigenvalue weighted by atomic mass is 32.2. The van der Waals surface area contributed by atoms with Crippen molar-refractivity contribution in [3.8, 4) is 0 Å². The number of carbonyl (C=O) groups is 2. The summed E-state index contributed by atoms with van der Waals surface area (Å²) in [7, 11) is -9.72. The van der Waals surface area contributed by atoms with Crippen molar-refractivity contribution < 1.29 is 48.9 Å². The van der Waals surface area contributed by atoms with Gasteiger partial charge in [0.15, 0.2) is 15.0 Å². The molecule has 0 N–H and O–H groups in total. The Morgan fingerprint density at radius 1 is 1.08 bits per heavy atom. The minimum absolute atomic E-state index is 0.192. The summed E-state index contributed by atoms with van der Waals surface area (Å²) in [6.45, 7) is 4.12. The van der Waals surface area contributed by atoms with Gasteiger partial charge in [0.05, 0.1) is 19.3 Å². The van der Waals surface area contributed by atoms with E-state index < -0.39 is 63.4 Å². The molecule has 0 bridgehead atoms. The molecule has 0 saturated carbocycles. The van der Waals surface area contributed by atoms with Crippen LogP contribution in [-0.2, 0) is 41.2 Å². The van der Waals surface area contributed by atoms with E-state index in [1.165, 1.54) is 29.9 Å². The lowest BCUT2D eigenvalue weighted by Crippen LogP contribution is -2.43. The topological polar surface area (TPSA) is 141 Å². The van der Waals surface area contributed by atoms with Gasteiger partial charge in [-0.15, -0.1) is 0 Å². The number of rotatable bonds is 6. The number of urea groups is 1. The van der Waals surface area contributed by atoms with Crippen LogP contribution in [0.25, 0.3) is 0 Å². The molecule has 0 aliphatic carbocycles. The van der Waals surface area contributed by atoms with Crippen LogP contribution in [0.1, 0.15) is 39.2 Å². The first-order chi connectivity index (χ1) is 17.3.